The number of thioether (sulfide) groups is 1. The number of amides is 1. The summed E-state index contributed by atoms with van der Waals surface area (Å²) in [4.78, 5) is 12.7. The molecule has 2 aliphatic heterocycles. The smallest absolute Gasteiger partial charge is 0.238 e. The molecule has 8 atom stereocenters. The summed E-state index contributed by atoms with van der Waals surface area (Å²) in [5.41, 5.74) is -0.718. The second-order valence-corrected chi connectivity index (χ2v) is 8.92. The van der Waals surface area contributed by atoms with Crippen LogP contribution in [0.3, 0.4) is 0 Å². The number of rotatable bonds is 8. The molecule has 164 valence electrons. The van der Waals surface area contributed by atoms with Gasteiger partial charge >= 0.3 is 0 Å². The second kappa shape index (κ2) is 10.5. The summed E-state index contributed by atoms with van der Waals surface area (Å²) < 4.78 is 30.6. The average molecular weight is 427 g/mol. The topological polar surface area (TPSA) is 111 Å². The van der Waals surface area contributed by atoms with Gasteiger partial charge in [0, 0.05) is 6.42 Å². The maximum Gasteiger partial charge on any atom is 0.238 e. The number of hydrogen-bond acceptors (Lipinski definition) is 7. The molecule has 5 N–H and O–H groups in total. The van der Waals surface area contributed by atoms with Crippen LogP contribution in [0.15, 0.2) is 0 Å². The van der Waals surface area contributed by atoms with Crippen molar-refractivity contribution in [3.8, 4) is 0 Å². The van der Waals surface area contributed by atoms with E-state index in [9.17, 15) is 28.9 Å². The van der Waals surface area contributed by atoms with Crippen LogP contribution in [0.25, 0.3) is 0 Å². The first-order chi connectivity index (χ1) is 13.1. The Balaban J connectivity index is 1.99. The molecule has 0 aromatic carbocycles. The van der Waals surface area contributed by atoms with Crippen LogP contribution < -0.4 is 10.6 Å². The van der Waals surface area contributed by atoms with E-state index in [1.165, 1.54) is 11.8 Å². The molecule has 2 saturated heterocycles. The van der Waals surface area contributed by atoms with Crippen LogP contribution in [0.1, 0.15) is 33.1 Å². The minimum atomic E-state index is -2.34. The molecule has 2 rings (SSSR count). The van der Waals surface area contributed by atoms with E-state index in [0.717, 1.165) is 0 Å². The van der Waals surface area contributed by atoms with Gasteiger partial charge < -0.3 is 30.7 Å². The first kappa shape index (κ1) is 23.8. The third-order valence-electron chi connectivity index (χ3n) is 5.55. The van der Waals surface area contributed by atoms with Gasteiger partial charge in [-0.05, 0) is 37.5 Å². The van der Waals surface area contributed by atoms with E-state index in [4.69, 9.17) is 4.74 Å². The van der Waals surface area contributed by atoms with Crippen molar-refractivity contribution < 1.29 is 33.6 Å². The van der Waals surface area contributed by atoms with Gasteiger partial charge in [-0.15, -0.1) is 11.8 Å². The number of nitrogens with one attached hydrogen (secondary N) is 2. The van der Waals surface area contributed by atoms with Crippen molar-refractivity contribution in [3.05, 3.63) is 0 Å². The summed E-state index contributed by atoms with van der Waals surface area (Å²) in [6.45, 7) is 4.24. The van der Waals surface area contributed by atoms with Crippen molar-refractivity contribution in [1.29, 1.82) is 0 Å². The molecule has 10 heteroatoms. The number of halogens is 2. The number of alkyl halides is 2. The normalized spacial score (nSPS) is 37.4. The lowest BCUT2D eigenvalue weighted by Gasteiger charge is -2.44. The standard InChI is InChI=1S/C18H32F2N2O5S/c1-8(2)12(16-14(24)13(23)15(25)18(27-16)28-3)22-17(26)10-6-9(7-21-10)4-5-11(19)20/h8-16,18,21,23-25H,4-7H2,1-3H3,(H,22,26)/t9?,10?,12?,13-,14+,15+,16+,18+/m1/s1. The molecule has 0 aromatic rings. The highest BCUT2D eigenvalue weighted by Gasteiger charge is 2.47. The highest BCUT2D eigenvalue weighted by atomic mass is 32.2. The molecular weight excluding hydrogens is 394 g/mol. The Hall–Kier alpha value is -0.520. The Morgan fingerprint density at radius 1 is 1.25 bits per heavy atom. The highest BCUT2D eigenvalue weighted by Crippen LogP contribution is 2.30. The lowest BCUT2D eigenvalue weighted by atomic mass is 9.88. The van der Waals surface area contributed by atoms with Crippen LogP contribution in [0, 0.1) is 11.8 Å². The molecule has 0 saturated carbocycles. The van der Waals surface area contributed by atoms with E-state index in [1.807, 2.05) is 13.8 Å². The Morgan fingerprint density at radius 3 is 2.50 bits per heavy atom. The number of aliphatic hydroxyl groups excluding tert-OH is 3. The molecule has 0 aromatic heterocycles. The molecular formula is C18H32F2N2O5S. The molecule has 2 heterocycles. The zero-order valence-corrected chi connectivity index (χ0v) is 17.2. The number of aliphatic hydroxyl groups is 3. The van der Waals surface area contributed by atoms with E-state index >= 15 is 0 Å². The minimum Gasteiger partial charge on any atom is -0.388 e. The molecule has 28 heavy (non-hydrogen) atoms. The quantitative estimate of drug-likeness (QED) is 0.380. The number of carbonyl (C=O) groups excluding carboxylic acids is 1. The van der Waals surface area contributed by atoms with Crippen molar-refractivity contribution in [3.63, 3.8) is 0 Å². The van der Waals surface area contributed by atoms with Crippen molar-refractivity contribution in [2.45, 2.75) is 81.5 Å². The Kier molecular flexibility index (Phi) is 8.90. The maximum absolute atomic E-state index is 12.7. The minimum absolute atomic E-state index is 0.0246. The van der Waals surface area contributed by atoms with Crippen LogP contribution in [-0.2, 0) is 9.53 Å². The van der Waals surface area contributed by atoms with Gasteiger partial charge in [0.15, 0.2) is 0 Å². The van der Waals surface area contributed by atoms with Crippen molar-refractivity contribution in [1.82, 2.24) is 10.6 Å². The van der Waals surface area contributed by atoms with Crippen LogP contribution >= 0.6 is 11.8 Å². The lowest BCUT2D eigenvalue weighted by molar-refractivity contribution is -0.208. The summed E-state index contributed by atoms with van der Waals surface area (Å²) in [7, 11) is 0. The summed E-state index contributed by atoms with van der Waals surface area (Å²) in [5, 5.41) is 36.5. The Labute approximate surface area is 168 Å². The number of ether oxygens (including phenoxy) is 1. The van der Waals surface area contributed by atoms with Gasteiger partial charge in [0.05, 0.1) is 12.1 Å². The largest absolute Gasteiger partial charge is 0.388 e. The fourth-order valence-electron chi connectivity index (χ4n) is 3.85. The van der Waals surface area contributed by atoms with Gasteiger partial charge in [-0.25, -0.2) is 8.78 Å². The first-order valence-electron chi connectivity index (χ1n) is 9.70. The zero-order valence-electron chi connectivity index (χ0n) is 16.4. The van der Waals surface area contributed by atoms with E-state index in [1.54, 1.807) is 6.26 Å². The van der Waals surface area contributed by atoms with E-state index in [-0.39, 0.29) is 24.2 Å². The SMILES string of the molecule is CS[C@@H]1O[C@@H](C(NC(=O)C2CC(CCC(F)F)CN2)C(C)C)[C@@H](O)[C@@H](O)[C@@H]1O. The fourth-order valence-corrected chi connectivity index (χ4v) is 4.53. The van der Waals surface area contributed by atoms with Crippen LogP contribution in [0.5, 0.6) is 0 Å². The van der Waals surface area contributed by atoms with Crippen molar-refractivity contribution in [2.75, 3.05) is 12.8 Å². The zero-order chi connectivity index (χ0) is 21.0. The third-order valence-corrected chi connectivity index (χ3v) is 6.41. The van der Waals surface area contributed by atoms with Gasteiger partial charge in [0.1, 0.15) is 29.9 Å². The van der Waals surface area contributed by atoms with Crippen molar-refractivity contribution in [2.24, 2.45) is 11.8 Å². The predicted octanol–water partition coefficient (Wildman–Crippen LogP) is 0.321. The molecule has 0 bridgehead atoms. The Bertz CT molecular complexity index is 514. The lowest BCUT2D eigenvalue weighted by Crippen LogP contribution is -2.64. The predicted molar refractivity (Wildman–Crippen MR) is 102 cm³/mol. The van der Waals surface area contributed by atoms with Crippen LogP contribution in [-0.4, -0.2) is 82.4 Å². The van der Waals surface area contributed by atoms with Gasteiger partial charge in [-0.1, -0.05) is 13.8 Å². The Morgan fingerprint density at radius 2 is 1.93 bits per heavy atom. The number of carbonyl (C=O) groups is 1. The van der Waals surface area contributed by atoms with Crippen LogP contribution in [0.2, 0.25) is 0 Å². The van der Waals surface area contributed by atoms with Crippen LogP contribution in [0.4, 0.5) is 8.78 Å². The molecule has 3 unspecified atom stereocenters. The van der Waals surface area contributed by atoms with E-state index in [2.05, 4.69) is 10.6 Å². The summed E-state index contributed by atoms with van der Waals surface area (Å²) in [5.74, 6) is -0.364. The van der Waals surface area contributed by atoms with E-state index in [0.29, 0.717) is 19.4 Å². The second-order valence-electron chi connectivity index (χ2n) is 7.99. The highest BCUT2D eigenvalue weighted by molar-refractivity contribution is 7.99. The molecule has 2 aliphatic rings. The van der Waals surface area contributed by atoms with Gasteiger partial charge in [0.2, 0.25) is 12.3 Å². The number of hydrogen-bond donors (Lipinski definition) is 5. The fraction of sp³-hybridized carbons (Fsp3) is 0.944. The molecule has 0 radical (unpaired) electrons. The monoisotopic (exact) mass is 426 g/mol. The van der Waals surface area contributed by atoms with Gasteiger partial charge in [-0.2, -0.15) is 0 Å². The molecule has 0 aliphatic carbocycles. The van der Waals surface area contributed by atoms with Gasteiger partial charge in [-0.3, -0.25) is 4.79 Å². The molecule has 0 spiro atoms. The van der Waals surface area contributed by atoms with E-state index < -0.39 is 48.4 Å². The average Bonchev–Trinajstić information content (AvgIpc) is 3.12. The molecule has 1 amide bonds. The molecule has 2 fully saturated rings. The summed E-state index contributed by atoms with van der Waals surface area (Å²) in [6, 6.07) is -1.07. The first-order valence-corrected chi connectivity index (χ1v) is 11.0. The summed E-state index contributed by atoms with van der Waals surface area (Å²) >= 11 is 1.22. The third kappa shape index (κ3) is 5.76. The molecule has 7 nitrogen and oxygen atoms in total. The maximum atomic E-state index is 12.7. The summed E-state index contributed by atoms with van der Waals surface area (Å²) in [6.07, 6.45) is -4.77. The van der Waals surface area contributed by atoms with Gasteiger partial charge in [0.25, 0.3) is 0 Å². The van der Waals surface area contributed by atoms with Crippen molar-refractivity contribution >= 4 is 17.7 Å².